The molecule has 0 N–H and O–H groups in total. The number of hydrogen-bond acceptors (Lipinski definition) is 3. The summed E-state index contributed by atoms with van der Waals surface area (Å²) in [6.45, 7) is 0. The molecule has 1 fully saturated rings. The normalized spacial score (nSPS) is 26.7. The summed E-state index contributed by atoms with van der Waals surface area (Å²) in [5.74, 6) is 0.179. The van der Waals surface area contributed by atoms with Gasteiger partial charge in [-0.1, -0.05) is 30.2 Å². The molecule has 2 aliphatic carbocycles. The predicted molar refractivity (Wildman–Crippen MR) is 81.7 cm³/mol. The van der Waals surface area contributed by atoms with Crippen molar-refractivity contribution in [2.45, 2.75) is 48.7 Å². The van der Waals surface area contributed by atoms with Gasteiger partial charge in [-0.3, -0.25) is 4.79 Å². The Hall–Kier alpha value is -1.42. The van der Waals surface area contributed by atoms with Gasteiger partial charge in [0.25, 0.3) is 0 Å². The van der Waals surface area contributed by atoms with Crippen LogP contribution in [0.5, 0.6) is 0 Å². The van der Waals surface area contributed by atoms with Gasteiger partial charge in [0.2, 0.25) is 0 Å². The van der Waals surface area contributed by atoms with Crippen molar-refractivity contribution in [3.05, 3.63) is 42.0 Å². The second-order valence-electron chi connectivity index (χ2n) is 5.97. The van der Waals surface area contributed by atoms with Crippen molar-refractivity contribution < 1.29 is 13.2 Å². The second-order valence-corrected chi connectivity index (χ2v) is 8.14. The molecule has 1 saturated carbocycles. The Balaban J connectivity index is 1.93. The SMILES string of the molecule is O=C1C=C([C@H]2CCC[C@H]2S(=O)(=O)c2ccccc2)CCC1. The molecule has 2 aliphatic rings. The van der Waals surface area contributed by atoms with Gasteiger partial charge in [-0.25, -0.2) is 8.42 Å². The van der Waals surface area contributed by atoms with Crippen molar-refractivity contribution in [2.24, 2.45) is 5.92 Å². The van der Waals surface area contributed by atoms with Crippen molar-refractivity contribution in [3.63, 3.8) is 0 Å². The molecule has 0 radical (unpaired) electrons. The van der Waals surface area contributed by atoms with Gasteiger partial charge in [-0.15, -0.1) is 0 Å². The van der Waals surface area contributed by atoms with Crippen LogP contribution in [0.1, 0.15) is 38.5 Å². The molecule has 1 aromatic rings. The van der Waals surface area contributed by atoms with E-state index in [0.29, 0.717) is 17.7 Å². The molecule has 4 heteroatoms. The molecule has 3 nitrogen and oxygen atoms in total. The van der Waals surface area contributed by atoms with Crippen LogP contribution in [0.3, 0.4) is 0 Å². The fourth-order valence-electron chi connectivity index (χ4n) is 3.62. The smallest absolute Gasteiger partial charge is 0.181 e. The van der Waals surface area contributed by atoms with Crippen LogP contribution in [0.15, 0.2) is 46.9 Å². The number of ketones is 1. The summed E-state index contributed by atoms with van der Waals surface area (Å²) in [6.07, 6.45) is 6.56. The molecular weight excluding hydrogens is 284 g/mol. The standard InChI is InChI=1S/C17H20O3S/c18-14-7-4-6-13(12-14)16-10-5-11-17(16)21(19,20)15-8-2-1-3-9-15/h1-3,8-9,12,16-17H,4-7,10-11H2/t16-,17-/m1/s1. The number of benzene rings is 1. The van der Waals surface area contributed by atoms with E-state index in [1.165, 1.54) is 0 Å². The van der Waals surface area contributed by atoms with E-state index in [0.717, 1.165) is 31.3 Å². The summed E-state index contributed by atoms with van der Waals surface area (Å²) in [7, 11) is -3.31. The Morgan fingerprint density at radius 2 is 1.71 bits per heavy atom. The lowest BCUT2D eigenvalue weighted by atomic mass is 9.87. The number of carbonyl (C=O) groups excluding carboxylic acids is 1. The molecule has 21 heavy (non-hydrogen) atoms. The third-order valence-corrected chi connectivity index (χ3v) is 6.92. The van der Waals surface area contributed by atoms with E-state index in [1.807, 2.05) is 6.07 Å². The van der Waals surface area contributed by atoms with Gasteiger partial charge in [0.05, 0.1) is 10.1 Å². The molecule has 2 atom stereocenters. The third kappa shape index (κ3) is 2.82. The molecule has 0 saturated heterocycles. The average molecular weight is 304 g/mol. The first kappa shape index (κ1) is 14.5. The Morgan fingerprint density at radius 3 is 2.43 bits per heavy atom. The number of rotatable bonds is 3. The fraction of sp³-hybridized carbons (Fsp3) is 0.471. The molecule has 0 heterocycles. The van der Waals surface area contributed by atoms with Gasteiger partial charge < -0.3 is 0 Å². The maximum absolute atomic E-state index is 12.9. The van der Waals surface area contributed by atoms with Gasteiger partial charge in [0.1, 0.15) is 0 Å². The van der Waals surface area contributed by atoms with Gasteiger partial charge in [-0.05, 0) is 49.8 Å². The van der Waals surface area contributed by atoms with E-state index < -0.39 is 9.84 Å². The van der Waals surface area contributed by atoms with E-state index >= 15 is 0 Å². The Morgan fingerprint density at radius 1 is 0.952 bits per heavy atom. The molecule has 0 aromatic heterocycles. The second kappa shape index (κ2) is 5.76. The monoisotopic (exact) mass is 304 g/mol. The summed E-state index contributed by atoms with van der Waals surface area (Å²) in [5, 5.41) is -0.364. The van der Waals surface area contributed by atoms with Crippen molar-refractivity contribution in [2.75, 3.05) is 0 Å². The number of allylic oxidation sites excluding steroid dienone is 2. The van der Waals surface area contributed by atoms with Crippen molar-refractivity contribution >= 4 is 15.6 Å². The zero-order valence-corrected chi connectivity index (χ0v) is 12.8. The van der Waals surface area contributed by atoms with Crippen LogP contribution in [0.25, 0.3) is 0 Å². The molecule has 3 rings (SSSR count). The lowest BCUT2D eigenvalue weighted by Gasteiger charge is -2.24. The molecule has 0 spiro atoms. The topological polar surface area (TPSA) is 51.2 Å². The van der Waals surface area contributed by atoms with Gasteiger partial charge in [-0.2, -0.15) is 0 Å². The lowest BCUT2D eigenvalue weighted by Crippen LogP contribution is -2.28. The summed E-state index contributed by atoms with van der Waals surface area (Å²) in [6, 6.07) is 8.70. The summed E-state index contributed by atoms with van der Waals surface area (Å²) >= 11 is 0. The Labute approximate surface area is 126 Å². The number of sulfone groups is 1. The van der Waals surface area contributed by atoms with Crippen molar-refractivity contribution in [3.8, 4) is 0 Å². The molecule has 112 valence electrons. The van der Waals surface area contributed by atoms with E-state index in [1.54, 1.807) is 30.3 Å². The van der Waals surface area contributed by atoms with Crippen LogP contribution >= 0.6 is 0 Å². The maximum atomic E-state index is 12.9. The van der Waals surface area contributed by atoms with Crippen molar-refractivity contribution in [1.82, 2.24) is 0 Å². The largest absolute Gasteiger partial charge is 0.295 e. The highest BCUT2D eigenvalue weighted by molar-refractivity contribution is 7.92. The average Bonchev–Trinajstić information content (AvgIpc) is 2.98. The van der Waals surface area contributed by atoms with Crippen LogP contribution in [-0.4, -0.2) is 19.5 Å². The molecule has 0 aliphatic heterocycles. The minimum Gasteiger partial charge on any atom is -0.295 e. The highest BCUT2D eigenvalue weighted by Crippen LogP contribution is 2.41. The maximum Gasteiger partial charge on any atom is 0.181 e. The first-order valence-electron chi connectivity index (χ1n) is 7.61. The molecule has 0 bridgehead atoms. The molecular formula is C17H20O3S. The zero-order valence-electron chi connectivity index (χ0n) is 12.0. The Kier molecular flexibility index (Phi) is 3.98. The van der Waals surface area contributed by atoms with Crippen LogP contribution in [0, 0.1) is 5.92 Å². The molecule has 1 aromatic carbocycles. The van der Waals surface area contributed by atoms with Crippen molar-refractivity contribution in [1.29, 1.82) is 0 Å². The van der Waals surface area contributed by atoms with Crippen LogP contribution in [0.2, 0.25) is 0 Å². The zero-order chi connectivity index (χ0) is 14.9. The summed E-state index contributed by atoms with van der Waals surface area (Å²) in [4.78, 5) is 12.0. The summed E-state index contributed by atoms with van der Waals surface area (Å²) < 4.78 is 25.7. The summed E-state index contributed by atoms with van der Waals surface area (Å²) in [5.41, 5.74) is 1.06. The molecule has 0 unspecified atom stereocenters. The van der Waals surface area contributed by atoms with E-state index in [-0.39, 0.29) is 17.0 Å². The van der Waals surface area contributed by atoms with E-state index in [4.69, 9.17) is 0 Å². The molecule has 0 amide bonds. The van der Waals surface area contributed by atoms with Crippen LogP contribution in [0.4, 0.5) is 0 Å². The van der Waals surface area contributed by atoms with Crippen LogP contribution < -0.4 is 0 Å². The van der Waals surface area contributed by atoms with Gasteiger partial charge in [0.15, 0.2) is 15.6 Å². The van der Waals surface area contributed by atoms with Crippen LogP contribution in [-0.2, 0) is 14.6 Å². The highest BCUT2D eigenvalue weighted by Gasteiger charge is 2.40. The fourth-order valence-corrected chi connectivity index (χ4v) is 5.72. The minimum absolute atomic E-state index is 0.0273. The first-order chi connectivity index (χ1) is 10.1. The van der Waals surface area contributed by atoms with E-state index in [2.05, 4.69) is 0 Å². The third-order valence-electron chi connectivity index (χ3n) is 4.63. The number of carbonyl (C=O) groups is 1. The quantitative estimate of drug-likeness (QED) is 0.861. The van der Waals surface area contributed by atoms with Gasteiger partial charge >= 0.3 is 0 Å². The van der Waals surface area contributed by atoms with Gasteiger partial charge in [0, 0.05) is 6.42 Å². The minimum atomic E-state index is -3.31. The Bertz CT molecular complexity index is 659. The lowest BCUT2D eigenvalue weighted by molar-refractivity contribution is -0.115. The van der Waals surface area contributed by atoms with E-state index in [9.17, 15) is 13.2 Å². The predicted octanol–water partition coefficient (Wildman–Crippen LogP) is 3.31. The highest BCUT2D eigenvalue weighted by atomic mass is 32.2. The number of hydrogen-bond donors (Lipinski definition) is 0. The first-order valence-corrected chi connectivity index (χ1v) is 9.16.